The Labute approximate surface area is 201 Å². The highest BCUT2D eigenvalue weighted by atomic mass is 19.1. The lowest BCUT2D eigenvalue weighted by Crippen LogP contribution is -2.27. The second kappa shape index (κ2) is 10.7. The highest BCUT2D eigenvalue weighted by Gasteiger charge is 2.23. The highest BCUT2D eigenvalue weighted by molar-refractivity contribution is 5.86. The van der Waals surface area contributed by atoms with Crippen LogP contribution >= 0.6 is 0 Å². The summed E-state index contributed by atoms with van der Waals surface area (Å²) in [5.74, 6) is 0.336. The van der Waals surface area contributed by atoms with Crippen molar-refractivity contribution >= 4 is 16.8 Å². The van der Waals surface area contributed by atoms with E-state index in [1.165, 1.54) is 17.7 Å². The molecule has 1 amide bonds. The Morgan fingerprint density at radius 1 is 1.00 bits per heavy atom. The number of aromatic nitrogens is 1. The Kier molecular flexibility index (Phi) is 7.46. The van der Waals surface area contributed by atoms with Crippen LogP contribution in [0.4, 0.5) is 4.39 Å². The van der Waals surface area contributed by atoms with Crippen LogP contribution in [0.5, 0.6) is 0 Å². The van der Waals surface area contributed by atoms with E-state index in [4.69, 9.17) is 0 Å². The zero-order valence-corrected chi connectivity index (χ0v) is 20.2. The minimum atomic E-state index is -0.232. The van der Waals surface area contributed by atoms with Crippen molar-refractivity contribution < 1.29 is 9.18 Å². The molecule has 0 saturated carbocycles. The molecule has 1 atom stereocenters. The largest absolute Gasteiger partial charge is 0.356 e. The van der Waals surface area contributed by atoms with E-state index in [1.807, 2.05) is 24.3 Å². The molecule has 0 unspecified atom stereocenters. The van der Waals surface area contributed by atoms with Gasteiger partial charge in [-0.05, 0) is 54.2 Å². The van der Waals surface area contributed by atoms with Crippen molar-refractivity contribution in [2.24, 2.45) is 5.92 Å². The fraction of sp³-hybridized carbons (Fsp3) is 0.300. The van der Waals surface area contributed by atoms with Crippen LogP contribution in [0.25, 0.3) is 10.9 Å². The van der Waals surface area contributed by atoms with E-state index >= 15 is 0 Å². The van der Waals surface area contributed by atoms with E-state index in [2.05, 4.69) is 73.3 Å². The van der Waals surface area contributed by atoms with Gasteiger partial charge in [0.15, 0.2) is 0 Å². The van der Waals surface area contributed by atoms with Crippen molar-refractivity contribution in [3.8, 4) is 0 Å². The van der Waals surface area contributed by atoms with Gasteiger partial charge in [0.1, 0.15) is 5.82 Å². The van der Waals surface area contributed by atoms with Gasteiger partial charge in [0.2, 0.25) is 5.91 Å². The summed E-state index contributed by atoms with van der Waals surface area (Å²) in [5.41, 5.74) is 5.61. The van der Waals surface area contributed by atoms with E-state index < -0.39 is 0 Å². The third-order valence-corrected chi connectivity index (χ3v) is 6.34. The van der Waals surface area contributed by atoms with Gasteiger partial charge in [-0.15, -0.1) is 0 Å². The minimum Gasteiger partial charge on any atom is -0.356 e. The molecule has 0 aliphatic heterocycles. The third kappa shape index (κ3) is 5.74. The first-order valence-electron chi connectivity index (χ1n) is 12.1. The number of benzene rings is 3. The number of fused-ring (bicyclic) bond motifs is 1. The molecule has 3 nitrogen and oxygen atoms in total. The standard InChI is InChI=1S/C30H33FN2O/c1-21(2)15-16-32-30(34)18-27(24-8-6-7-22(3)17-24)28-20-33(29-10-5-4-9-26(28)29)19-23-11-13-25(31)14-12-23/h4-14,17,20-21,27H,15-16,18-19H2,1-3H3,(H,32,34)/t27-/m0/s1. The van der Waals surface area contributed by atoms with Gasteiger partial charge in [-0.3, -0.25) is 4.79 Å². The van der Waals surface area contributed by atoms with Gasteiger partial charge in [0.25, 0.3) is 0 Å². The Hall–Kier alpha value is -3.40. The molecule has 0 aliphatic carbocycles. The molecule has 0 spiro atoms. The number of rotatable bonds is 9. The lowest BCUT2D eigenvalue weighted by Gasteiger charge is -2.18. The van der Waals surface area contributed by atoms with Crippen LogP contribution in [0.15, 0.2) is 79.0 Å². The van der Waals surface area contributed by atoms with E-state index in [1.54, 1.807) is 0 Å². The maximum atomic E-state index is 13.4. The van der Waals surface area contributed by atoms with Gasteiger partial charge in [-0.2, -0.15) is 0 Å². The van der Waals surface area contributed by atoms with Crippen LogP contribution in [0.3, 0.4) is 0 Å². The molecule has 176 valence electrons. The summed E-state index contributed by atoms with van der Waals surface area (Å²) in [5, 5.41) is 4.26. The summed E-state index contributed by atoms with van der Waals surface area (Å²) in [4.78, 5) is 13.0. The molecular formula is C30H33FN2O. The topological polar surface area (TPSA) is 34.0 Å². The molecule has 0 radical (unpaired) electrons. The predicted octanol–water partition coefficient (Wildman–Crippen LogP) is 6.82. The summed E-state index contributed by atoms with van der Waals surface area (Å²) in [6, 6.07) is 23.4. The monoisotopic (exact) mass is 456 g/mol. The number of aryl methyl sites for hydroxylation is 1. The van der Waals surface area contributed by atoms with Crippen LogP contribution in [-0.2, 0) is 11.3 Å². The van der Waals surface area contributed by atoms with E-state index in [-0.39, 0.29) is 17.6 Å². The number of hydrogen-bond donors (Lipinski definition) is 1. The molecule has 1 aromatic heterocycles. The Morgan fingerprint density at radius 2 is 1.76 bits per heavy atom. The van der Waals surface area contributed by atoms with Crippen molar-refractivity contribution in [1.82, 2.24) is 9.88 Å². The molecular weight excluding hydrogens is 423 g/mol. The number of amides is 1. The second-order valence-electron chi connectivity index (χ2n) is 9.56. The van der Waals surface area contributed by atoms with Gasteiger partial charge in [-0.25, -0.2) is 4.39 Å². The maximum absolute atomic E-state index is 13.4. The normalized spacial score (nSPS) is 12.3. The quantitative estimate of drug-likeness (QED) is 0.295. The van der Waals surface area contributed by atoms with Gasteiger partial charge in [-0.1, -0.05) is 74.0 Å². The Morgan fingerprint density at radius 3 is 2.50 bits per heavy atom. The van der Waals surface area contributed by atoms with E-state index in [0.29, 0.717) is 25.4 Å². The predicted molar refractivity (Wildman–Crippen MR) is 138 cm³/mol. The molecule has 4 heteroatoms. The van der Waals surface area contributed by atoms with Crippen molar-refractivity contribution in [1.29, 1.82) is 0 Å². The molecule has 0 fully saturated rings. The van der Waals surface area contributed by atoms with E-state index in [9.17, 15) is 9.18 Å². The van der Waals surface area contributed by atoms with Gasteiger partial charge in [0, 0.05) is 42.5 Å². The minimum absolute atomic E-state index is 0.0571. The number of halogens is 1. The van der Waals surface area contributed by atoms with Crippen molar-refractivity contribution in [3.05, 3.63) is 107 Å². The number of carbonyl (C=O) groups excluding carboxylic acids is 1. The van der Waals surface area contributed by atoms with Crippen LogP contribution in [-0.4, -0.2) is 17.0 Å². The first-order chi connectivity index (χ1) is 16.4. The molecule has 3 aromatic carbocycles. The van der Waals surface area contributed by atoms with Crippen molar-refractivity contribution in [2.75, 3.05) is 6.54 Å². The smallest absolute Gasteiger partial charge is 0.220 e. The summed E-state index contributed by atoms with van der Waals surface area (Å²) < 4.78 is 15.6. The van der Waals surface area contributed by atoms with Crippen molar-refractivity contribution in [2.45, 2.75) is 46.1 Å². The molecule has 0 bridgehead atoms. The molecule has 0 saturated heterocycles. The van der Waals surface area contributed by atoms with Gasteiger partial charge < -0.3 is 9.88 Å². The Balaban J connectivity index is 1.71. The number of carbonyl (C=O) groups is 1. The molecule has 4 rings (SSSR count). The fourth-order valence-electron chi connectivity index (χ4n) is 4.52. The first kappa shape index (κ1) is 23.7. The summed E-state index contributed by atoms with van der Waals surface area (Å²) in [6.07, 6.45) is 3.53. The average Bonchev–Trinajstić information content (AvgIpc) is 3.17. The van der Waals surface area contributed by atoms with E-state index in [0.717, 1.165) is 34.0 Å². The molecule has 0 aliphatic rings. The molecule has 1 N–H and O–H groups in total. The summed E-state index contributed by atoms with van der Waals surface area (Å²) >= 11 is 0. The molecule has 34 heavy (non-hydrogen) atoms. The average molecular weight is 457 g/mol. The Bertz CT molecular complexity index is 1260. The number of nitrogens with zero attached hydrogens (tertiary/aromatic N) is 1. The van der Waals surface area contributed by atoms with Crippen LogP contribution in [0.1, 0.15) is 54.9 Å². The lowest BCUT2D eigenvalue weighted by atomic mass is 9.87. The second-order valence-corrected chi connectivity index (χ2v) is 9.56. The van der Waals surface area contributed by atoms with Crippen LogP contribution < -0.4 is 5.32 Å². The SMILES string of the molecule is Cc1cccc([C@H](CC(=O)NCCC(C)C)c2cn(Cc3ccc(F)cc3)c3ccccc23)c1. The third-order valence-electron chi connectivity index (χ3n) is 6.34. The number of nitrogens with one attached hydrogen (secondary N) is 1. The number of hydrogen-bond acceptors (Lipinski definition) is 1. The first-order valence-corrected chi connectivity index (χ1v) is 12.1. The number of para-hydroxylation sites is 1. The molecule has 1 heterocycles. The van der Waals surface area contributed by atoms with Gasteiger partial charge in [0.05, 0.1) is 0 Å². The maximum Gasteiger partial charge on any atom is 0.220 e. The zero-order chi connectivity index (χ0) is 24.1. The zero-order valence-electron chi connectivity index (χ0n) is 20.2. The lowest BCUT2D eigenvalue weighted by molar-refractivity contribution is -0.121. The fourth-order valence-corrected chi connectivity index (χ4v) is 4.52. The van der Waals surface area contributed by atoms with Crippen molar-refractivity contribution in [3.63, 3.8) is 0 Å². The summed E-state index contributed by atoms with van der Waals surface area (Å²) in [6.45, 7) is 7.75. The van der Waals surface area contributed by atoms with Gasteiger partial charge >= 0.3 is 0 Å². The molecule has 4 aromatic rings. The van der Waals surface area contributed by atoms with Crippen LogP contribution in [0, 0.1) is 18.7 Å². The van der Waals surface area contributed by atoms with Crippen LogP contribution in [0.2, 0.25) is 0 Å². The summed E-state index contributed by atoms with van der Waals surface area (Å²) in [7, 11) is 0. The highest BCUT2D eigenvalue weighted by Crippen LogP contribution is 2.35.